The predicted molar refractivity (Wildman–Crippen MR) is 103 cm³/mol. The Kier molecular flexibility index (Phi) is 5.85. The highest BCUT2D eigenvalue weighted by molar-refractivity contribution is 7.09. The summed E-state index contributed by atoms with van der Waals surface area (Å²) in [5.74, 6) is 1.40. The summed E-state index contributed by atoms with van der Waals surface area (Å²) in [7, 11) is 1.76. The molecule has 0 amide bonds. The summed E-state index contributed by atoms with van der Waals surface area (Å²) in [6, 6.07) is 12.4. The number of hydrogen-bond donors (Lipinski definition) is 2. The Morgan fingerprint density at radius 1 is 1.20 bits per heavy atom. The standard InChI is InChI=1S/C19H22N4OS/c1-14-5-7-15(8-6-14)18-23-16(13-24-18)12-22-19(20-2)21-10-9-17-4-3-11-25-17/h3-8,11,13H,9-10,12H2,1-2H3,(H2,20,21,22). The number of aryl methyl sites for hydroxylation is 1. The number of benzene rings is 1. The van der Waals surface area contributed by atoms with Crippen LogP contribution in [-0.2, 0) is 13.0 Å². The molecule has 0 aliphatic rings. The molecule has 0 saturated carbocycles. The SMILES string of the molecule is CN=C(NCCc1cccs1)NCc1coc(-c2ccc(C)cc2)n1. The number of aliphatic imine (C=N–C) groups is 1. The fourth-order valence-electron chi connectivity index (χ4n) is 2.37. The number of thiophene rings is 1. The molecule has 0 bridgehead atoms. The van der Waals surface area contributed by atoms with Crippen molar-refractivity contribution in [2.75, 3.05) is 13.6 Å². The van der Waals surface area contributed by atoms with Gasteiger partial charge in [0.15, 0.2) is 5.96 Å². The summed E-state index contributed by atoms with van der Waals surface area (Å²) < 4.78 is 5.58. The Morgan fingerprint density at radius 2 is 2.04 bits per heavy atom. The molecule has 3 rings (SSSR count). The van der Waals surface area contributed by atoms with Gasteiger partial charge in [-0.1, -0.05) is 23.8 Å². The van der Waals surface area contributed by atoms with Gasteiger partial charge in [0.05, 0.1) is 12.2 Å². The van der Waals surface area contributed by atoms with Crippen LogP contribution in [0.2, 0.25) is 0 Å². The summed E-state index contributed by atoms with van der Waals surface area (Å²) in [5.41, 5.74) is 3.04. The van der Waals surface area contributed by atoms with E-state index in [-0.39, 0.29) is 0 Å². The van der Waals surface area contributed by atoms with E-state index in [1.165, 1.54) is 10.4 Å². The fraction of sp³-hybridized carbons (Fsp3) is 0.263. The number of hydrogen-bond acceptors (Lipinski definition) is 4. The van der Waals surface area contributed by atoms with Gasteiger partial charge in [0, 0.05) is 24.0 Å². The van der Waals surface area contributed by atoms with Crippen LogP contribution in [0.25, 0.3) is 11.5 Å². The number of nitrogens with zero attached hydrogens (tertiary/aromatic N) is 2. The van der Waals surface area contributed by atoms with Gasteiger partial charge in [0.25, 0.3) is 0 Å². The van der Waals surface area contributed by atoms with Crippen LogP contribution in [0, 0.1) is 6.92 Å². The predicted octanol–water partition coefficient (Wildman–Crippen LogP) is 3.62. The first kappa shape index (κ1) is 17.2. The lowest BCUT2D eigenvalue weighted by Crippen LogP contribution is -2.37. The Labute approximate surface area is 151 Å². The highest BCUT2D eigenvalue weighted by Crippen LogP contribution is 2.18. The number of aromatic nitrogens is 1. The molecule has 0 aliphatic carbocycles. The lowest BCUT2D eigenvalue weighted by molar-refractivity contribution is 0.572. The molecule has 0 spiro atoms. The van der Waals surface area contributed by atoms with Crippen LogP contribution in [0.4, 0.5) is 0 Å². The molecule has 130 valence electrons. The number of oxazole rings is 1. The van der Waals surface area contributed by atoms with E-state index < -0.39 is 0 Å². The molecule has 1 aromatic carbocycles. The first-order valence-electron chi connectivity index (χ1n) is 8.23. The normalized spacial score (nSPS) is 11.5. The van der Waals surface area contributed by atoms with Crippen molar-refractivity contribution in [3.8, 4) is 11.5 Å². The molecule has 0 fully saturated rings. The number of guanidine groups is 1. The minimum atomic E-state index is 0.564. The van der Waals surface area contributed by atoms with Crippen LogP contribution in [0.3, 0.4) is 0 Å². The van der Waals surface area contributed by atoms with Crippen LogP contribution in [-0.4, -0.2) is 24.5 Å². The summed E-state index contributed by atoms with van der Waals surface area (Å²) in [6.45, 7) is 3.47. The van der Waals surface area contributed by atoms with E-state index in [2.05, 4.69) is 57.2 Å². The molecule has 2 heterocycles. The van der Waals surface area contributed by atoms with Crippen molar-refractivity contribution in [3.05, 3.63) is 64.2 Å². The Balaban J connectivity index is 1.49. The first-order chi connectivity index (χ1) is 12.2. The molecule has 0 atom stereocenters. The van der Waals surface area contributed by atoms with Crippen LogP contribution in [0.1, 0.15) is 16.1 Å². The van der Waals surface area contributed by atoms with Gasteiger partial charge in [-0.3, -0.25) is 4.99 Å². The quantitative estimate of drug-likeness (QED) is 0.524. The zero-order valence-corrected chi connectivity index (χ0v) is 15.3. The zero-order chi connectivity index (χ0) is 17.5. The molecule has 0 saturated heterocycles. The van der Waals surface area contributed by atoms with Crippen molar-refractivity contribution in [1.82, 2.24) is 15.6 Å². The lowest BCUT2D eigenvalue weighted by atomic mass is 10.1. The summed E-state index contributed by atoms with van der Waals surface area (Å²) >= 11 is 1.77. The first-order valence-corrected chi connectivity index (χ1v) is 9.11. The van der Waals surface area contributed by atoms with Crippen molar-refractivity contribution in [2.24, 2.45) is 4.99 Å². The molecule has 6 heteroatoms. The average molecular weight is 354 g/mol. The van der Waals surface area contributed by atoms with Gasteiger partial charge >= 0.3 is 0 Å². The molecule has 2 N–H and O–H groups in total. The van der Waals surface area contributed by atoms with Gasteiger partial charge in [-0.15, -0.1) is 11.3 Å². The Morgan fingerprint density at radius 3 is 2.76 bits per heavy atom. The minimum absolute atomic E-state index is 0.564. The van der Waals surface area contributed by atoms with Gasteiger partial charge in [-0.05, 0) is 36.9 Å². The largest absolute Gasteiger partial charge is 0.444 e. The van der Waals surface area contributed by atoms with Crippen molar-refractivity contribution in [3.63, 3.8) is 0 Å². The lowest BCUT2D eigenvalue weighted by Gasteiger charge is -2.10. The van der Waals surface area contributed by atoms with Gasteiger partial charge in [0.1, 0.15) is 6.26 Å². The van der Waals surface area contributed by atoms with Gasteiger partial charge in [-0.25, -0.2) is 4.98 Å². The Hall–Kier alpha value is -2.60. The highest BCUT2D eigenvalue weighted by Gasteiger charge is 2.07. The van der Waals surface area contributed by atoms with E-state index in [1.54, 1.807) is 24.6 Å². The third-order valence-electron chi connectivity index (χ3n) is 3.75. The van der Waals surface area contributed by atoms with Crippen LogP contribution in [0.15, 0.2) is 57.5 Å². The molecule has 5 nitrogen and oxygen atoms in total. The van der Waals surface area contributed by atoms with E-state index in [9.17, 15) is 0 Å². The number of nitrogens with one attached hydrogen (secondary N) is 2. The molecule has 25 heavy (non-hydrogen) atoms. The van der Waals surface area contributed by atoms with Crippen LogP contribution < -0.4 is 10.6 Å². The van der Waals surface area contributed by atoms with E-state index in [1.807, 2.05) is 12.1 Å². The molecular weight excluding hydrogens is 332 g/mol. The van der Waals surface area contributed by atoms with E-state index >= 15 is 0 Å². The number of rotatable bonds is 6. The molecule has 0 aliphatic heterocycles. The zero-order valence-electron chi connectivity index (χ0n) is 14.5. The summed E-state index contributed by atoms with van der Waals surface area (Å²) in [5, 5.41) is 8.67. The smallest absolute Gasteiger partial charge is 0.226 e. The maximum Gasteiger partial charge on any atom is 0.226 e. The van der Waals surface area contributed by atoms with E-state index in [0.717, 1.165) is 30.2 Å². The average Bonchev–Trinajstić information content (AvgIpc) is 3.30. The van der Waals surface area contributed by atoms with Crippen molar-refractivity contribution < 1.29 is 4.42 Å². The van der Waals surface area contributed by atoms with Crippen LogP contribution >= 0.6 is 11.3 Å². The third-order valence-corrected chi connectivity index (χ3v) is 4.69. The van der Waals surface area contributed by atoms with E-state index in [0.29, 0.717) is 12.4 Å². The second-order valence-electron chi connectivity index (χ2n) is 5.69. The maximum atomic E-state index is 5.58. The van der Waals surface area contributed by atoms with Gasteiger partial charge in [-0.2, -0.15) is 0 Å². The van der Waals surface area contributed by atoms with Gasteiger partial charge < -0.3 is 15.1 Å². The molecule has 3 aromatic rings. The molecule has 0 unspecified atom stereocenters. The van der Waals surface area contributed by atoms with Gasteiger partial charge in [0.2, 0.25) is 5.89 Å². The minimum Gasteiger partial charge on any atom is -0.444 e. The Bertz CT molecular complexity index is 806. The highest BCUT2D eigenvalue weighted by atomic mass is 32.1. The van der Waals surface area contributed by atoms with E-state index in [4.69, 9.17) is 4.42 Å². The fourth-order valence-corrected chi connectivity index (χ4v) is 3.08. The molecule has 0 radical (unpaired) electrons. The second-order valence-corrected chi connectivity index (χ2v) is 6.72. The topological polar surface area (TPSA) is 62.5 Å². The summed E-state index contributed by atoms with van der Waals surface area (Å²) in [4.78, 5) is 10.1. The third kappa shape index (κ3) is 4.93. The second kappa shape index (κ2) is 8.48. The van der Waals surface area contributed by atoms with Crippen molar-refractivity contribution >= 4 is 17.3 Å². The molecule has 2 aromatic heterocycles. The van der Waals surface area contributed by atoms with Crippen molar-refractivity contribution in [1.29, 1.82) is 0 Å². The van der Waals surface area contributed by atoms with Crippen LogP contribution in [0.5, 0.6) is 0 Å². The monoisotopic (exact) mass is 354 g/mol. The van der Waals surface area contributed by atoms with Crippen molar-refractivity contribution in [2.45, 2.75) is 19.9 Å². The summed E-state index contributed by atoms with van der Waals surface area (Å²) in [6.07, 6.45) is 2.67. The molecular formula is C19H22N4OS. The maximum absolute atomic E-state index is 5.58.